The van der Waals surface area contributed by atoms with Crippen molar-refractivity contribution in [3.63, 3.8) is 0 Å². The van der Waals surface area contributed by atoms with Crippen molar-refractivity contribution in [2.24, 2.45) is 0 Å². The van der Waals surface area contributed by atoms with Crippen LogP contribution in [0.2, 0.25) is 0 Å². The molecule has 0 fully saturated rings. The Morgan fingerprint density at radius 3 is 1.50 bits per heavy atom. The molecule has 0 unspecified atom stereocenters. The van der Waals surface area contributed by atoms with Gasteiger partial charge in [0.2, 0.25) is 33.2 Å². The number of hydrogen-bond donors (Lipinski definition) is 0. The van der Waals surface area contributed by atoms with Gasteiger partial charge in [-0.3, -0.25) is 0 Å². The number of benzene rings is 1. The van der Waals surface area contributed by atoms with Crippen molar-refractivity contribution in [3.05, 3.63) is 12.1 Å². The maximum Gasteiger partial charge on any atom is 0.229 e. The lowest BCUT2D eigenvalue weighted by molar-refractivity contribution is 0.137. The van der Waals surface area contributed by atoms with Gasteiger partial charge in [-0.05, 0) is 0 Å². The zero-order valence-electron chi connectivity index (χ0n) is 9.13. The van der Waals surface area contributed by atoms with E-state index in [1.807, 2.05) is 0 Å². The molecule has 0 radical (unpaired) electrons. The van der Waals surface area contributed by atoms with E-state index in [1.165, 1.54) is 0 Å². The number of rotatable bonds is 8. The minimum atomic E-state index is -1.26. The highest BCUT2D eigenvalue weighted by molar-refractivity contribution is 5.55. The zero-order valence-corrected chi connectivity index (χ0v) is 9.13. The lowest BCUT2D eigenvalue weighted by Gasteiger charge is -2.14. The second kappa shape index (κ2) is 7.46. The first-order valence-corrected chi connectivity index (χ1v) is 4.69. The molecular weight excluding hydrogens is 260 g/mol. The van der Waals surface area contributed by atoms with Crippen LogP contribution >= 0.6 is 0 Å². The van der Waals surface area contributed by atoms with Crippen molar-refractivity contribution in [1.82, 2.24) is 0 Å². The smallest absolute Gasteiger partial charge is 0.229 e. The molecule has 4 nitrogen and oxygen atoms in total. The number of alkyl halides is 4. The second-order valence-corrected chi connectivity index (χ2v) is 2.76. The van der Waals surface area contributed by atoms with Crippen molar-refractivity contribution < 1.29 is 36.5 Å². The largest absolute Gasteiger partial charge is 0.463 e. The first-order valence-electron chi connectivity index (χ1n) is 4.69. The predicted molar refractivity (Wildman–Crippen MR) is 52.9 cm³/mol. The fourth-order valence-electron chi connectivity index (χ4n) is 1.23. The van der Waals surface area contributed by atoms with Crippen LogP contribution in [-0.4, -0.2) is 27.4 Å². The Bertz CT molecular complexity index is 348. The van der Waals surface area contributed by atoms with Crippen LogP contribution in [0.1, 0.15) is 0 Å². The monoisotopic (exact) mass is 270 g/mol. The van der Waals surface area contributed by atoms with Crippen LogP contribution in [0.3, 0.4) is 0 Å². The molecule has 0 heterocycles. The SMILES string of the molecule is FCOc1cc(OCF)c(OCF)c(OCF)c1. The Morgan fingerprint density at radius 1 is 0.667 bits per heavy atom. The molecule has 1 rings (SSSR count). The lowest BCUT2D eigenvalue weighted by Crippen LogP contribution is -2.02. The van der Waals surface area contributed by atoms with Gasteiger partial charge in [0.05, 0.1) is 0 Å². The van der Waals surface area contributed by atoms with Gasteiger partial charge in [0.25, 0.3) is 0 Å². The molecule has 0 atom stereocenters. The quantitative estimate of drug-likeness (QED) is 0.681. The summed E-state index contributed by atoms with van der Waals surface area (Å²) < 4.78 is 66.4. The summed E-state index contributed by atoms with van der Waals surface area (Å²) >= 11 is 0. The maximum absolute atomic E-state index is 12.2. The minimum absolute atomic E-state index is 0.101. The van der Waals surface area contributed by atoms with Crippen LogP contribution in [0, 0.1) is 0 Å². The molecule has 18 heavy (non-hydrogen) atoms. The highest BCUT2D eigenvalue weighted by Crippen LogP contribution is 2.41. The normalized spacial score (nSPS) is 10.0. The van der Waals surface area contributed by atoms with Crippen molar-refractivity contribution in [3.8, 4) is 23.0 Å². The van der Waals surface area contributed by atoms with Crippen LogP contribution < -0.4 is 18.9 Å². The van der Waals surface area contributed by atoms with Crippen LogP contribution in [0.5, 0.6) is 23.0 Å². The van der Waals surface area contributed by atoms with E-state index in [9.17, 15) is 17.6 Å². The first kappa shape index (κ1) is 14.2. The van der Waals surface area contributed by atoms with Gasteiger partial charge in [0.15, 0.2) is 11.5 Å². The summed E-state index contributed by atoms with van der Waals surface area (Å²) in [5.41, 5.74) is 0. The van der Waals surface area contributed by atoms with Crippen LogP contribution in [0.15, 0.2) is 12.1 Å². The van der Waals surface area contributed by atoms with Gasteiger partial charge in [-0.15, -0.1) is 0 Å². The van der Waals surface area contributed by atoms with Crippen molar-refractivity contribution >= 4 is 0 Å². The molecule has 0 spiro atoms. The maximum atomic E-state index is 12.2. The molecule has 0 saturated heterocycles. The Labute approximate surface area is 100 Å². The second-order valence-electron chi connectivity index (χ2n) is 2.76. The van der Waals surface area contributed by atoms with Gasteiger partial charge in [-0.2, -0.15) is 0 Å². The van der Waals surface area contributed by atoms with E-state index in [-0.39, 0.29) is 23.0 Å². The first-order chi connectivity index (χ1) is 8.76. The summed E-state index contributed by atoms with van der Waals surface area (Å²) in [6.45, 7) is -4.89. The highest BCUT2D eigenvalue weighted by atomic mass is 19.1. The third kappa shape index (κ3) is 3.57. The predicted octanol–water partition coefficient (Wildman–Crippen LogP) is 2.91. The van der Waals surface area contributed by atoms with E-state index in [2.05, 4.69) is 18.9 Å². The average Bonchev–Trinajstić information content (AvgIpc) is 2.34. The summed E-state index contributed by atoms with van der Waals surface area (Å²) in [4.78, 5) is 0. The van der Waals surface area contributed by atoms with Crippen LogP contribution in [0.4, 0.5) is 17.6 Å². The molecule has 0 aliphatic heterocycles. The summed E-state index contributed by atoms with van der Waals surface area (Å²) in [5.74, 6) is -1.01. The molecule has 0 bridgehead atoms. The van der Waals surface area contributed by atoms with E-state index >= 15 is 0 Å². The standard InChI is InChI=1S/C10H10F4O4/c11-3-15-7-1-8(16-4-12)10(18-6-14)9(2-7)17-5-13/h1-2H,3-6H2. The molecule has 0 amide bonds. The molecule has 0 aliphatic carbocycles. The minimum Gasteiger partial charge on any atom is -0.463 e. The van der Waals surface area contributed by atoms with E-state index in [1.54, 1.807) is 0 Å². The van der Waals surface area contributed by atoms with Gasteiger partial charge < -0.3 is 18.9 Å². The van der Waals surface area contributed by atoms with Crippen molar-refractivity contribution in [2.75, 3.05) is 27.4 Å². The molecule has 8 heteroatoms. The van der Waals surface area contributed by atoms with E-state index in [4.69, 9.17) is 0 Å². The molecule has 0 saturated carbocycles. The van der Waals surface area contributed by atoms with E-state index in [0.717, 1.165) is 12.1 Å². The molecule has 0 N–H and O–H groups in total. The Morgan fingerprint density at radius 2 is 1.11 bits per heavy atom. The Hall–Kier alpha value is -1.86. The van der Waals surface area contributed by atoms with Gasteiger partial charge in [-0.25, -0.2) is 17.6 Å². The van der Waals surface area contributed by atoms with Crippen LogP contribution in [-0.2, 0) is 0 Å². The van der Waals surface area contributed by atoms with Gasteiger partial charge >= 0.3 is 0 Å². The number of ether oxygens (including phenoxy) is 4. The average molecular weight is 270 g/mol. The van der Waals surface area contributed by atoms with Gasteiger partial charge in [-0.1, -0.05) is 0 Å². The molecule has 0 aromatic heterocycles. The molecule has 102 valence electrons. The topological polar surface area (TPSA) is 36.9 Å². The summed E-state index contributed by atoms with van der Waals surface area (Å²) in [6.07, 6.45) is 0. The Balaban J connectivity index is 3.15. The third-order valence-corrected chi connectivity index (χ3v) is 1.83. The molecular formula is C10H10F4O4. The summed E-state index contributed by atoms with van der Waals surface area (Å²) in [7, 11) is 0. The molecule has 0 aliphatic rings. The number of halogens is 4. The van der Waals surface area contributed by atoms with Gasteiger partial charge in [0, 0.05) is 12.1 Å². The fourth-order valence-corrected chi connectivity index (χ4v) is 1.23. The van der Waals surface area contributed by atoms with Gasteiger partial charge in [0.1, 0.15) is 5.75 Å². The van der Waals surface area contributed by atoms with Crippen molar-refractivity contribution in [2.45, 2.75) is 0 Å². The molecule has 1 aromatic carbocycles. The fraction of sp³-hybridized carbons (Fsp3) is 0.400. The Kier molecular flexibility index (Phi) is 5.89. The lowest BCUT2D eigenvalue weighted by atomic mass is 10.2. The molecule has 1 aromatic rings. The van der Waals surface area contributed by atoms with Crippen molar-refractivity contribution in [1.29, 1.82) is 0 Å². The van der Waals surface area contributed by atoms with E-state index in [0.29, 0.717) is 0 Å². The van der Waals surface area contributed by atoms with Crippen LogP contribution in [0.25, 0.3) is 0 Å². The number of hydrogen-bond acceptors (Lipinski definition) is 4. The highest BCUT2D eigenvalue weighted by Gasteiger charge is 2.16. The summed E-state index contributed by atoms with van der Waals surface area (Å²) in [5, 5.41) is 0. The van der Waals surface area contributed by atoms with E-state index < -0.39 is 27.4 Å². The zero-order chi connectivity index (χ0) is 13.4. The third-order valence-electron chi connectivity index (χ3n) is 1.83. The summed E-state index contributed by atoms with van der Waals surface area (Å²) in [6, 6.07) is 2.13.